The third kappa shape index (κ3) is 3.49. The first kappa shape index (κ1) is 15.5. The number of hydrogen-bond acceptors (Lipinski definition) is 1. The van der Waals surface area contributed by atoms with Crippen molar-refractivity contribution in [2.45, 2.75) is 45.4 Å². The Kier molecular flexibility index (Phi) is 4.77. The molecule has 1 fully saturated rings. The van der Waals surface area contributed by atoms with Gasteiger partial charge in [0.05, 0.1) is 10.7 Å². The molecule has 0 spiro atoms. The lowest BCUT2D eigenvalue weighted by atomic mass is 9.83. The molecule has 0 amide bonds. The summed E-state index contributed by atoms with van der Waals surface area (Å²) < 4.78 is 13.2. The summed E-state index contributed by atoms with van der Waals surface area (Å²) in [5.74, 6) is 0.355. The summed E-state index contributed by atoms with van der Waals surface area (Å²) in [6.45, 7) is 2.00. The Balaban J connectivity index is 1.74. The van der Waals surface area contributed by atoms with Gasteiger partial charge in [-0.05, 0) is 55.9 Å². The van der Waals surface area contributed by atoms with Crippen molar-refractivity contribution in [3.8, 4) is 0 Å². The third-order valence-electron chi connectivity index (χ3n) is 4.65. The van der Waals surface area contributed by atoms with Crippen LogP contribution >= 0.6 is 11.6 Å². The summed E-state index contributed by atoms with van der Waals surface area (Å²) in [7, 11) is 0. The number of rotatable bonds is 3. The van der Waals surface area contributed by atoms with Gasteiger partial charge in [0, 0.05) is 5.71 Å². The van der Waals surface area contributed by atoms with E-state index in [1.165, 1.54) is 43.7 Å². The molecule has 0 atom stereocenters. The maximum Gasteiger partial charge on any atom is 0.141 e. The molecule has 0 heterocycles. The number of nitrogens with zero attached hydrogens (tertiary/aromatic N) is 1. The average molecular weight is 318 g/mol. The van der Waals surface area contributed by atoms with Crippen molar-refractivity contribution in [3.63, 3.8) is 0 Å². The first-order valence-electron chi connectivity index (χ1n) is 8.05. The van der Waals surface area contributed by atoms with Crippen LogP contribution in [0.15, 0.2) is 46.5 Å². The number of halogens is 2. The molecule has 0 unspecified atom stereocenters. The van der Waals surface area contributed by atoms with Gasteiger partial charge in [-0.15, -0.1) is 0 Å². The van der Waals surface area contributed by atoms with Crippen LogP contribution < -0.4 is 0 Å². The fraction of sp³-hybridized carbons (Fsp3) is 0.421. The van der Waals surface area contributed by atoms with Crippen molar-refractivity contribution in [1.82, 2.24) is 0 Å². The second-order valence-corrected chi connectivity index (χ2v) is 6.62. The topological polar surface area (TPSA) is 12.4 Å². The first-order chi connectivity index (χ1) is 10.6. The Bertz CT molecular complexity index is 651. The zero-order valence-electron chi connectivity index (χ0n) is 12.9. The van der Waals surface area contributed by atoms with Crippen molar-refractivity contribution < 1.29 is 4.39 Å². The number of aliphatic imine (C=N–C) groups is 1. The molecule has 22 heavy (non-hydrogen) atoms. The lowest BCUT2D eigenvalue weighted by molar-refractivity contribution is 0.400. The van der Waals surface area contributed by atoms with E-state index in [4.69, 9.17) is 11.6 Å². The minimum Gasteiger partial charge on any atom is -0.253 e. The second kappa shape index (κ2) is 6.78. The highest BCUT2D eigenvalue weighted by molar-refractivity contribution is 6.31. The summed E-state index contributed by atoms with van der Waals surface area (Å²) in [6, 6.07) is 4.59. The molecule has 0 radical (unpaired) electrons. The van der Waals surface area contributed by atoms with Crippen molar-refractivity contribution in [2.75, 3.05) is 0 Å². The lowest BCUT2D eigenvalue weighted by Gasteiger charge is -2.22. The molecule has 3 heteroatoms. The van der Waals surface area contributed by atoms with Crippen LogP contribution in [0.4, 0.5) is 10.1 Å². The monoisotopic (exact) mass is 317 g/mol. The minimum atomic E-state index is -0.405. The van der Waals surface area contributed by atoms with Crippen LogP contribution in [0.5, 0.6) is 0 Å². The Morgan fingerprint density at radius 1 is 1.23 bits per heavy atom. The quantitative estimate of drug-likeness (QED) is 0.571. The smallest absolute Gasteiger partial charge is 0.141 e. The zero-order valence-corrected chi connectivity index (χ0v) is 13.7. The van der Waals surface area contributed by atoms with Crippen molar-refractivity contribution in [3.05, 3.63) is 52.3 Å². The van der Waals surface area contributed by atoms with Crippen LogP contribution in [0.25, 0.3) is 0 Å². The molecule has 0 aliphatic heterocycles. The van der Waals surface area contributed by atoms with Crippen LogP contribution in [0.2, 0.25) is 5.02 Å². The van der Waals surface area contributed by atoms with E-state index < -0.39 is 5.82 Å². The highest BCUT2D eigenvalue weighted by Gasteiger charge is 2.20. The molecular formula is C19H21ClFN. The van der Waals surface area contributed by atoms with E-state index in [1.807, 2.05) is 6.92 Å². The summed E-state index contributed by atoms with van der Waals surface area (Å²) in [5.41, 5.74) is 4.42. The molecule has 0 aromatic heterocycles. The van der Waals surface area contributed by atoms with Gasteiger partial charge in [-0.2, -0.15) is 0 Å². The molecule has 1 saturated carbocycles. The molecule has 1 aromatic carbocycles. The number of allylic oxidation sites excluding steroid dienone is 4. The number of benzene rings is 1. The molecule has 0 saturated heterocycles. The molecule has 116 valence electrons. The number of hydrogen-bond donors (Lipinski definition) is 0. The molecular weight excluding hydrogens is 297 g/mol. The first-order valence-corrected chi connectivity index (χ1v) is 8.42. The third-order valence-corrected chi connectivity index (χ3v) is 4.94. The summed E-state index contributed by atoms with van der Waals surface area (Å²) >= 11 is 5.81. The maximum absolute atomic E-state index is 13.2. The van der Waals surface area contributed by atoms with Gasteiger partial charge in [0.2, 0.25) is 0 Å². The fourth-order valence-electron chi connectivity index (χ4n) is 3.37. The standard InChI is InChI=1S/C19H21ClFN/c1-13(22-17-9-10-19(21)18(20)12-17)15-7-8-16(11-15)14-5-3-2-4-6-14/h7,9-12,14H,2-6,8H2,1H3. The highest BCUT2D eigenvalue weighted by Crippen LogP contribution is 2.35. The van der Waals surface area contributed by atoms with Crippen LogP contribution in [-0.4, -0.2) is 5.71 Å². The van der Waals surface area contributed by atoms with E-state index in [0.717, 1.165) is 18.1 Å². The van der Waals surface area contributed by atoms with Gasteiger partial charge in [-0.25, -0.2) is 4.39 Å². The normalized spacial score (nSPS) is 20.0. The van der Waals surface area contributed by atoms with E-state index >= 15 is 0 Å². The van der Waals surface area contributed by atoms with Crippen LogP contribution in [0, 0.1) is 11.7 Å². The predicted molar refractivity (Wildman–Crippen MR) is 91.5 cm³/mol. The van der Waals surface area contributed by atoms with E-state index in [-0.39, 0.29) is 5.02 Å². The van der Waals surface area contributed by atoms with Crippen molar-refractivity contribution in [1.29, 1.82) is 0 Å². The van der Waals surface area contributed by atoms with Gasteiger partial charge < -0.3 is 0 Å². The van der Waals surface area contributed by atoms with Gasteiger partial charge >= 0.3 is 0 Å². The Labute approximate surface area is 136 Å². The molecule has 2 aliphatic carbocycles. The fourth-order valence-corrected chi connectivity index (χ4v) is 3.54. The van der Waals surface area contributed by atoms with Gasteiger partial charge in [-0.1, -0.05) is 48.6 Å². The van der Waals surface area contributed by atoms with Gasteiger partial charge in [0.1, 0.15) is 5.82 Å². The average Bonchev–Trinajstić information content (AvgIpc) is 3.02. The van der Waals surface area contributed by atoms with Crippen molar-refractivity contribution in [2.24, 2.45) is 10.9 Å². The van der Waals surface area contributed by atoms with E-state index in [2.05, 4.69) is 17.1 Å². The Morgan fingerprint density at radius 2 is 2.00 bits per heavy atom. The molecule has 3 rings (SSSR count). The zero-order chi connectivity index (χ0) is 15.5. The largest absolute Gasteiger partial charge is 0.253 e. The Morgan fingerprint density at radius 3 is 2.73 bits per heavy atom. The van der Waals surface area contributed by atoms with E-state index in [9.17, 15) is 4.39 Å². The maximum atomic E-state index is 13.2. The van der Waals surface area contributed by atoms with Crippen LogP contribution in [-0.2, 0) is 0 Å². The molecule has 1 aromatic rings. The summed E-state index contributed by atoms with van der Waals surface area (Å²) in [6.07, 6.45) is 12.4. The molecule has 0 N–H and O–H groups in total. The predicted octanol–water partition coefficient (Wildman–Crippen LogP) is 6.41. The second-order valence-electron chi connectivity index (χ2n) is 6.21. The van der Waals surface area contributed by atoms with Crippen molar-refractivity contribution >= 4 is 23.0 Å². The molecule has 2 aliphatic rings. The minimum absolute atomic E-state index is 0.118. The van der Waals surface area contributed by atoms with Gasteiger partial charge in [0.15, 0.2) is 0 Å². The van der Waals surface area contributed by atoms with Crippen LogP contribution in [0.3, 0.4) is 0 Å². The Hall–Kier alpha value is -1.41. The SMILES string of the molecule is CC(=Nc1ccc(F)c(Cl)c1)C1=CCC(C2CCCCC2)=C1. The van der Waals surface area contributed by atoms with Gasteiger partial charge in [-0.3, -0.25) is 4.99 Å². The summed E-state index contributed by atoms with van der Waals surface area (Å²) in [4.78, 5) is 4.58. The van der Waals surface area contributed by atoms with E-state index in [1.54, 1.807) is 17.7 Å². The lowest BCUT2D eigenvalue weighted by Crippen LogP contribution is -2.08. The molecule has 1 nitrogen and oxygen atoms in total. The van der Waals surface area contributed by atoms with E-state index in [0.29, 0.717) is 5.69 Å². The highest BCUT2D eigenvalue weighted by atomic mass is 35.5. The molecule has 0 bridgehead atoms. The van der Waals surface area contributed by atoms with Gasteiger partial charge in [0.25, 0.3) is 0 Å². The summed E-state index contributed by atoms with van der Waals surface area (Å²) in [5, 5.41) is 0.118. The van der Waals surface area contributed by atoms with Crippen LogP contribution in [0.1, 0.15) is 45.4 Å².